The summed E-state index contributed by atoms with van der Waals surface area (Å²) >= 11 is 0. The van der Waals surface area contributed by atoms with E-state index in [-0.39, 0.29) is 29.5 Å². The molecule has 0 saturated carbocycles. The van der Waals surface area contributed by atoms with Crippen LogP contribution in [0.5, 0.6) is 11.5 Å². The number of benzene rings is 2. The monoisotopic (exact) mass is 405 g/mol. The first-order chi connectivity index (χ1) is 13.4. The normalized spacial score (nSPS) is 12.5. The number of rotatable bonds is 7. The van der Waals surface area contributed by atoms with Crippen LogP contribution in [0.3, 0.4) is 0 Å². The second-order valence-corrected chi connectivity index (χ2v) is 8.19. The highest BCUT2D eigenvalue weighted by Crippen LogP contribution is 2.32. The third-order valence-electron chi connectivity index (χ3n) is 4.08. The minimum Gasteiger partial charge on any atom is -0.454 e. The van der Waals surface area contributed by atoms with Gasteiger partial charge in [0.2, 0.25) is 6.79 Å². The molecule has 2 aromatic carbocycles. The summed E-state index contributed by atoms with van der Waals surface area (Å²) in [5.74, 6) is -0.280. The van der Waals surface area contributed by atoms with Crippen molar-refractivity contribution in [1.82, 2.24) is 5.32 Å². The van der Waals surface area contributed by atoms with Crippen LogP contribution in [0.4, 0.5) is 0 Å². The Labute approximate surface area is 162 Å². The average Bonchev–Trinajstić information content (AvgIpc) is 3.18. The van der Waals surface area contributed by atoms with Crippen molar-refractivity contribution in [3.63, 3.8) is 0 Å². The van der Waals surface area contributed by atoms with Crippen molar-refractivity contribution in [1.29, 1.82) is 0 Å². The van der Waals surface area contributed by atoms with E-state index in [1.54, 1.807) is 18.2 Å². The summed E-state index contributed by atoms with van der Waals surface area (Å²) in [5.41, 5.74) is 0.705. The quantitative estimate of drug-likeness (QED) is 0.698. The van der Waals surface area contributed by atoms with E-state index >= 15 is 0 Å². The van der Waals surface area contributed by atoms with Gasteiger partial charge in [-0.3, -0.25) is 4.79 Å². The SMILES string of the molecule is CCS(=O)(=O)c1ccccc1C(=O)OCC(=O)NCc1ccc2c(c1)OCO2. The van der Waals surface area contributed by atoms with Gasteiger partial charge in [0.1, 0.15) is 0 Å². The Balaban J connectivity index is 1.56. The molecule has 28 heavy (non-hydrogen) atoms. The highest BCUT2D eigenvalue weighted by atomic mass is 32.2. The number of hydrogen-bond donors (Lipinski definition) is 1. The van der Waals surface area contributed by atoms with Gasteiger partial charge >= 0.3 is 5.97 Å². The summed E-state index contributed by atoms with van der Waals surface area (Å²) in [6.07, 6.45) is 0. The second-order valence-electron chi connectivity index (χ2n) is 5.94. The lowest BCUT2D eigenvalue weighted by Gasteiger charge is -2.10. The molecule has 2 aromatic rings. The maximum atomic E-state index is 12.2. The molecule has 0 atom stereocenters. The topological polar surface area (TPSA) is 108 Å². The van der Waals surface area contributed by atoms with Gasteiger partial charge in [-0.1, -0.05) is 25.1 Å². The molecule has 1 aliphatic heterocycles. The van der Waals surface area contributed by atoms with Gasteiger partial charge in [-0.25, -0.2) is 13.2 Å². The van der Waals surface area contributed by atoms with Crippen molar-refractivity contribution in [2.75, 3.05) is 19.2 Å². The summed E-state index contributed by atoms with van der Waals surface area (Å²) in [7, 11) is -3.59. The first-order valence-electron chi connectivity index (χ1n) is 8.55. The maximum absolute atomic E-state index is 12.2. The molecule has 1 amide bonds. The third kappa shape index (κ3) is 4.42. The van der Waals surface area contributed by atoms with Crippen molar-refractivity contribution >= 4 is 21.7 Å². The number of fused-ring (bicyclic) bond motifs is 1. The molecule has 0 spiro atoms. The first-order valence-corrected chi connectivity index (χ1v) is 10.2. The predicted molar refractivity (Wildman–Crippen MR) is 98.9 cm³/mol. The Bertz CT molecular complexity index is 1000. The summed E-state index contributed by atoms with van der Waals surface area (Å²) < 4.78 is 39.7. The Morgan fingerprint density at radius 1 is 1.11 bits per heavy atom. The number of sulfone groups is 1. The molecule has 148 valence electrons. The molecule has 1 heterocycles. The van der Waals surface area contributed by atoms with Gasteiger partial charge < -0.3 is 19.5 Å². The van der Waals surface area contributed by atoms with Gasteiger partial charge in [-0.15, -0.1) is 0 Å². The van der Waals surface area contributed by atoms with Crippen molar-refractivity contribution in [2.45, 2.75) is 18.4 Å². The summed E-state index contributed by atoms with van der Waals surface area (Å²) in [6.45, 7) is 1.34. The second kappa shape index (κ2) is 8.30. The van der Waals surface area contributed by atoms with Crippen molar-refractivity contribution in [2.24, 2.45) is 0 Å². The highest BCUT2D eigenvalue weighted by molar-refractivity contribution is 7.91. The lowest BCUT2D eigenvalue weighted by molar-refractivity contribution is -0.124. The van der Waals surface area contributed by atoms with Crippen LogP contribution in [0, 0.1) is 0 Å². The van der Waals surface area contributed by atoms with Gasteiger partial charge in [0.15, 0.2) is 27.9 Å². The van der Waals surface area contributed by atoms with Crippen LogP contribution in [0.15, 0.2) is 47.4 Å². The number of nitrogens with one attached hydrogen (secondary N) is 1. The van der Waals surface area contributed by atoms with E-state index in [1.165, 1.54) is 31.2 Å². The van der Waals surface area contributed by atoms with E-state index in [0.29, 0.717) is 11.5 Å². The lowest BCUT2D eigenvalue weighted by atomic mass is 10.2. The van der Waals surface area contributed by atoms with Crippen LogP contribution >= 0.6 is 0 Å². The fourth-order valence-corrected chi connectivity index (χ4v) is 3.66. The Kier molecular flexibility index (Phi) is 5.84. The number of esters is 1. The van der Waals surface area contributed by atoms with Crippen LogP contribution in [-0.4, -0.2) is 39.4 Å². The zero-order valence-corrected chi connectivity index (χ0v) is 16.0. The number of carbonyl (C=O) groups excluding carboxylic acids is 2. The van der Waals surface area contributed by atoms with E-state index in [1.807, 2.05) is 0 Å². The molecule has 9 heteroatoms. The zero-order valence-electron chi connectivity index (χ0n) is 15.1. The molecule has 0 saturated heterocycles. The van der Waals surface area contributed by atoms with Gasteiger partial charge in [-0.05, 0) is 29.8 Å². The number of ether oxygens (including phenoxy) is 3. The zero-order chi connectivity index (χ0) is 20.1. The largest absolute Gasteiger partial charge is 0.454 e. The number of carbonyl (C=O) groups is 2. The molecule has 0 unspecified atom stereocenters. The molecule has 8 nitrogen and oxygen atoms in total. The van der Waals surface area contributed by atoms with Crippen molar-refractivity contribution in [3.8, 4) is 11.5 Å². The van der Waals surface area contributed by atoms with Crippen LogP contribution < -0.4 is 14.8 Å². The van der Waals surface area contributed by atoms with Crippen LogP contribution in [0.1, 0.15) is 22.8 Å². The van der Waals surface area contributed by atoms with Crippen LogP contribution in [0.2, 0.25) is 0 Å². The van der Waals surface area contributed by atoms with Gasteiger partial charge in [0.05, 0.1) is 16.2 Å². The van der Waals surface area contributed by atoms with E-state index in [4.69, 9.17) is 14.2 Å². The molecular weight excluding hydrogens is 386 g/mol. The highest BCUT2D eigenvalue weighted by Gasteiger charge is 2.22. The fourth-order valence-electron chi connectivity index (χ4n) is 2.57. The fraction of sp³-hybridized carbons (Fsp3) is 0.263. The molecule has 1 aliphatic rings. The molecule has 0 aromatic heterocycles. The van der Waals surface area contributed by atoms with Crippen molar-refractivity contribution < 1.29 is 32.2 Å². The van der Waals surface area contributed by atoms with Gasteiger partial charge in [-0.2, -0.15) is 0 Å². The Morgan fingerprint density at radius 3 is 2.64 bits per heavy atom. The third-order valence-corrected chi connectivity index (χ3v) is 5.87. The molecule has 0 aliphatic carbocycles. The number of hydrogen-bond acceptors (Lipinski definition) is 7. The minimum absolute atomic E-state index is 0.0899. The smallest absolute Gasteiger partial charge is 0.339 e. The van der Waals surface area contributed by atoms with Crippen molar-refractivity contribution in [3.05, 3.63) is 53.6 Å². The molecule has 0 radical (unpaired) electrons. The molecular formula is C19H19NO7S. The average molecular weight is 405 g/mol. The lowest BCUT2D eigenvalue weighted by Crippen LogP contribution is -2.28. The van der Waals surface area contributed by atoms with E-state index in [0.717, 1.165) is 5.56 Å². The molecule has 0 bridgehead atoms. The van der Waals surface area contributed by atoms with E-state index < -0.39 is 28.3 Å². The predicted octanol–water partition coefficient (Wildman–Crippen LogP) is 1.68. The van der Waals surface area contributed by atoms with Crippen LogP contribution in [0.25, 0.3) is 0 Å². The minimum atomic E-state index is -3.59. The Morgan fingerprint density at radius 2 is 1.86 bits per heavy atom. The number of amides is 1. The van der Waals surface area contributed by atoms with Gasteiger partial charge in [0, 0.05) is 6.54 Å². The maximum Gasteiger partial charge on any atom is 0.339 e. The summed E-state index contributed by atoms with van der Waals surface area (Å²) in [4.78, 5) is 24.1. The van der Waals surface area contributed by atoms with Gasteiger partial charge in [0.25, 0.3) is 5.91 Å². The summed E-state index contributed by atoms with van der Waals surface area (Å²) in [5, 5.41) is 2.62. The van der Waals surface area contributed by atoms with E-state index in [9.17, 15) is 18.0 Å². The standard InChI is InChI=1S/C19H19NO7S/c1-2-28(23,24)17-6-4-3-5-14(17)19(22)25-11-18(21)20-10-13-7-8-15-16(9-13)27-12-26-15/h3-9H,2,10-12H2,1H3,(H,20,21). The first kappa shape index (κ1) is 19.7. The molecule has 0 fully saturated rings. The molecule has 3 rings (SSSR count). The van der Waals surface area contributed by atoms with E-state index in [2.05, 4.69) is 5.32 Å². The summed E-state index contributed by atoms with van der Waals surface area (Å²) in [6, 6.07) is 11.0. The van der Waals surface area contributed by atoms with Crippen LogP contribution in [-0.2, 0) is 25.9 Å². The Hall–Kier alpha value is -3.07. The molecule has 1 N–H and O–H groups in total.